The summed E-state index contributed by atoms with van der Waals surface area (Å²) in [5, 5.41) is 5.82. The number of rotatable bonds is 4. The number of morpholine rings is 1. The van der Waals surface area contributed by atoms with Gasteiger partial charge in [-0.25, -0.2) is 14.6 Å². The number of piperidine rings is 1. The fourth-order valence-corrected chi connectivity index (χ4v) is 4.46. The van der Waals surface area contributed by atoms with E-state index in [0.717, 1.165) is 81.5 Å². The maximum Gasteiger partial charge on any atom is 0.163 e. The molecule has 7 heteroatoms. The van der Waals surface area contributed by atoms with Gasteiger partial charge in [0.1, 0.15) is 11.6 Å². The minimum atomic E-state index is 0.395. The van der Waals surface area contributed by atoms with Gasteiger partial charge < -0.3 is 9.64 Å². The van der Waals surface area contributed by atoms with E-state index in [1.807, 2.05) is 13.1 Å². The van der Waals surface area contributed by atoms with Crippen molar-refractivity contribution in [1.29, 1.82) is 0 Å². The zero-order valence-electron chi connectivity index (χ0n) is 17.0. The number of aryl methyl sites for hydroxylation is 1. The van der Waals surface area contributed by atoms with Crippen LogP contribution in [0.4, 0.5) is 5.82 Å². The Bertz CT molecular complexity index is 958. The van der Waals surface area contributed by atoms with Crippen LogP contribution in [0.1, 0.15) is 30.3 Å². The van der Waals surface area contributed by atoms with Crippen molar-refractivity contribution in [1.82, 2.24) is 24.6 Å². The summed E-state index contributed by atoms with van der Waals surface area (Å²) in [5.41, 5.74) is 2.36. The van der Waals surface area contributed by atoms with Gasteiger partial charge in [0.15, 0.2) is 5.65 Å². The van der Waals surface area contributed by atoms with E-state index in [4.69, 9.17) is 19.8 Å². The second-order valence-electron chi connectivity index (χ2n) is 8.01. The van der Waals surface area contributed by atoms with Gasteiger partial charge in [-0.2, -0.15) is 5.10 Å². The highest BCUT2D eigenvalue weighted by Gasteiger charge is 2.25. The number of likely N-dealkylation sites (tertiary alicyclic amines) is 1. The predicted molar refractivity (Wildman–Crippen MR) is 113 cm³/mol. The third-order valence-corrected chi connectivity index (χ3v) is 6.01. The van der Waals surface area contributed by atoms with Crippen LogP contribution in [-0.2, 0) is 11.3 Å². The van der Waals surface area contributed by atoms with Crippen LogP contribution in [-0.4, -0.2) is 64.0 Å². The average Bonchev–Trinajstić information content (AvgIpc) is 3.19. The van der Waals surface area contributed by atoms with Crippen molar-refractivity contribution >= 4 is 16.9 Å². The number of benzene rings is 1. The van der Waals surface area contributed by atoms with E-state index in [-0.39, 0.29) is 0 Å². The van der Waals surface area contributed by atoms with E-state index < -0.39 is 0 Å². The molecule has 0 radical (unpaired) electrons. The van der Waals surface area contributed by atoms with Crippen molar-refractivity contribution < 1.29 is 4.74 Å². The lowest BCUT2D eigenvalue weighted by molar-refractivity contribution is 0.122. The summed E-state index contributed by atoms with van der Waals surface area (Å²) >= 11 is 0. The number of ether oxygens (including phenoxy) is 1. The van der Waals surface area contributed by atoms with Gasteiger partial charge in [0.25, 0.3) is 0 Å². The highest BCUT2D eigenvalue weighted by Crippen LogP contribution is 2.30. The zero-order chi connectivity index (χ0) is 19.6. The molecule has 0 spiro atoms. The normalized spacial score (nSPS) is 19.1. The van der Waals surface area contributed by atoms with E-state index in [2.05, 4.69) is 44.8 Å². The lowest BCUT2D eigenvalue weighted by Crippen LogP contribution is -2.37. The van der Waals surface area contributed by atoms with Gasteiger partial charge in [-0.05, 0) is 25.3 Å². The monoisotopic (exact) mass is 392 g/mol. The Kier molecular flexibility index (Phi) is 5.16. The molecule has 0 atom stereocenters. The predicted octanol–water partition coefficient (Wildman–Crippen LogP) is 2.81. The Labute approximate surface area is 171 Å². The van der Waals surface area contributed by atoms with Crippen molar-refractivity contribution in [3.8, 4) is 0 Å². The molecule has 0 amide bonds. The summed E-state index contributed by atoms with van der Waals surface area (Å²) in [5.74, 6) is 1.81. The molecular weight excluding hydrogens is 364 g/mol. The van der Waals surface area contributed by atoms with Crippen LogP contribution < -0.4 is 4.90 Å². The molecule has 152 valence electrons. The largest absolute Gasteiger partial charge is 0.378 e. The number of hydrogen-bond acceptors (Lipinski definition) is 6. The van der Waals surface area contributed by atoms with Crippen molar-refractivity contribution in [2.75, 3.05) is 44.3 Å². The molecule has 0 unspecified atom stereocenters. The molecule has 0 N–H and O–H groups in total. The third-order valence-electron chi connectivity index (χ3n) is 6.01. The summed E-state index contributed by atoms with van der Waals surface area (Å²) in [4.78, 5) is 14.4. The fourth-order valence-electron chi connectivity index (χ4n) is 4.46. The van der Waals surface area contributed by atoms with Crippen LogP contribution in [0.15, 0.2) is 36.5 Å². The van der Waals surface area contributed by atoms with Crippen LogP contribution >= 0.6 is 0 Å². The fraction of sp³-hybridized carbons (Fsp3) is 0.500. The summed E-state index contributed by atoms with van der Waals surface area (Å²) in [6, 6.07) is 11.1. The zero-order valence-corrected chi connectivity index (χ0v) is 17.0. The lowest BCUT2D eigenvalue weighted by atomic mass is 10.0. The molecule has 0 saturated carbocycles. The summed E-state index contributed by atoms with van der Waals surface area (Å²) in [6.07, 6.45) is 4.15. The topological polar surface area (TPSA) is 59.3 Å². The van der Waals surface area contributed by atoms with Crippen LogP contribution in [0, 0.1) is 6.92 Å². The van der Waals surface area contributed by atoms with Gasteiger partial charge in [0.05, 0.1) is 30.8 Å². The maximum absolute atomic E-state index is 5.51. The summed E-state index contributed by atoms with van der Waals surface area (Å²) in [7, 11) is 0. The van der Waals surface area contributed by atoms with Gasteiger partial charge in [0.2, 0.25) is 0 Å². The minimum absolute atomic E-state index is 0.395. The van der Waals surface area contributed by atoms with Gasteiger partial charge >= 0.3 is 0 Å². The Balaban J connectivity index is 1.34. The number of fused-ring (bicyclic) bond motifs is 1. The first-order valence-corrected chi connectivity index (χ1v) is 10.6. The van der Waals surface area contributed by atoms with E-state index in [1.165, 1.54) is 5.56 Å². The summed E-state index contributed by atoms with van der Waals surface area (Å²) < 4.78 is 7.65. The Morgan fingerprint density at radius 1 is 1.00 bits per heavy atom. The van der Waals surface area contributed by atoms with E-state index in [1.54, 1.807) is 0 Å². The molecule has 2 aliphatic heterocycles. The molecule has 2 saturated heterocycles. The molecule has 29 heavy (non-hydrogen) atoms. The van der Waals surface area contributed by atoms with Gasteiger partial charge in [-0.15, -0.1) is 0 Å². The molecule has 0 aliphatic carbocycles. The van der Waals surface area contributed by atoms with Crippen molar-refractivity contribution in [2.45, 2.75) is 32.4 Å². The molecule has 5 rings (SSSR count). The maximum atomic E-state index is 5.51. The molecule has 2 aromatic heterocycles. The first-order valence-electron chi connectivity index (χ1n) is 10.6. The number of anilines is 1. The molecule has 3 aromatic rings. The highest BCUT2D eigenvalue weighted by atomic mass is 16.5. The Morgan fingerprint density at radius 3 is 2.52 bits per heavy atom. The van der Waals surface area contributed by atoms with Crippen LogP contribution in [0.3, 0.4) is 0 Å². The number of nitrogens with zero attached hydrogens (tertiary/aromatic N) is 6. The molecule has 2 aliphatic rings. The van der Waals surface area contributed by atoms with Crippen molar-refractivity contribution in [3.63, 3.8) is 0 Å². The van der Waals surface area contributed by atoms with E-state index in [9.17, 15) is 0 Å². The first kappa shape index (κ1) is 18.5. The highest BCUT2D eigenvalue weighted by molar-refractivity contribution is 5.87. The SMILES string of the molecule is Cc1nc(N2CCOCC2)c2cnn(C3CCN(Cc4ccccc4)CC3)c2n1. The standard InChI is InChI=1S/C22H28N6O/c1-17-24-21(27-11-13-29-14-12-27)20-15-23-28(22(20)25-17)19-7-9-26(10-8-19)16-18-5-3-2-4-6-18/h2-6,15,19H,7-14,16H2,1H3. The smallest absolute Gasteiger partial charge is 0.163 e. The van der Waals surface area contributed by atoms with Gasteiger partial charge in [-0.1, -0.05) is 30.3 Å². The molecule has 0 bridgehead atoms. The van der Waals surface area contributed by atoms with Crippen LogP contribution in [0.2, 0.25) is 0 Å². The molecule has 7 nitrogen and oxygen atoms in total. The second-order valence-corrected chi connectivity index (χ2v) is 8.01. The quantitative estimate of drug-likeness (QED) is 0.681. The minimum Gasteiger partial charge on any atom is -0.378 e. The van der Waals surface area contributed by atoms with Crippen LogP contribution in [0.25, 0.3) is 11.0 Å². The average molecular weight is 393 g/mol. The lowest BCUT2D eigenvalue weighted by Gasteiger charge is -2.32. The van der Waals surface area contributed by atoms with Crippen molar-refractivity contribution in [3.05, 3.63) is 47.9 Å². The first-order chi connectivity index (χ1) is 14.3. The van der Waals surface area contributed by atoms with Gasteiger partial charge in [0, 0.05) is 32.7 Å². The summed E-state index contributed by atoms with van der Waals surface area (Å²) in [6.45, 7) is 8.40. The molecule has 4 heterocycles. The second kappa shape index (κ2) is 8.08. The van der Waals surface area contributed by atoms with Gasteiger partial charge in [-0.3, -0.25) is 4.90 Å². The molecule has 2 fully saturated rings. The Hall–Kier alpha value is -2.51. The Morgan fingerprint density at radius 2 is 1.76 bits per heavy atom. The van der Waals surface area contributed by atoms with Crippen molar-refractivity contribution in [2.24, 2.45) is 0 Å². The molecule has 1 aromatic carbocycles. The van der Waals surface area contributed by atoms with E-state index >= 15 is 0 Å². The molecular formula is C22H28N6O. The third kappa shape index (κ3) is 3.84. The van der Waals surface area contributed by atoms with Crippen LogP contribution in [0.5, 0.6) is 0 Å². The number of aromatic nitrogens is 4. The number of hydrogen-bond donors (Lipinski definition) is 0. The van der Waals surface area contributed by atoms with E-state index in [0.29, 0.717) is 6.04 Å².